The number of rotatable bonds is 6. The van der Waals surface area contributed by atoms with Gasteiger partial charge in [-0.05, 0) is 36.8 Å². The fourth-order valence-corrected chi connectivity index (χ4v) is 2.77. The summed E-state index contributed by atoms with van der Waals surface area (Å²) < 4.78 is 38.9. The molecule has 0 spiro atoms. The Bertz CT molecular complexity index is 723. The van der Waals surface area contributed by atoms with Crippen molar-refractivity contribution in [3.8, 4) is 0 Å². The predicted octanol–water partition coefficient (Wildman–Crippen LogP) is 3.05. The molecule has 21 heavy (non-hydrogen) atoms. The van der Waals surface area contributed by atoms with Crippen molar-refractivity contribution in [3.63, 3.8) is 0 Å². The molecule has 0 aliphatic heterocycles. The van der Waals surface area contributed by atoms with Gasteiger partial charge in [-0.15, -0.1) is 0 Å². The highest BCUT2D eigenvalue weighted by Crippen LogP contribution is 2.20. The van der Waals surface area contributed by atoms with Crippen LogP contribution >= 0.6 is 0 Å². The van der Waals surface area contributed by atoms with Crippen LogP contribution < -0.4 is 5.32 Å². The monoisotopic (exact) mass is 310 g/mol. The summed E-state index contributed by atoms with van der Waals surface area (Å²) in [6, 6.07) is 7.67. The van der Waals surface area contributed by atoms with Crippen molar-refractivity contribution in [2.45, 2.75) is 31.3 Å². The van der Waals surface area contributed by atoms with Gasteiger partial charge in [-0.3, -0.25) is 0 Å². The zero-order valence-corrected chi connectivity index (χ0v) is 13.0. The van der Waals surface area contributed by atoms with Crippen LogP contribution in [0.15, 0.2) is 41.4 Å². The van der Waals surface area contributed by atoms with Crippen molar-refractivity contribution < 1.29 is 12.8 Å². The van der Waals surface area contributed by atoms with E-state index in [1.807, 2.05) is 18.3 Å². The van der Waals surface area contributed by atoms with Crippen molar-refractivity contribution in [1.29, 1.82) is 0 Å². The molecule has 0 aliphatic carbocycles. The minimum Gasteiger partial charge on any atom is -0.377 e. The third kappa shape index (κ3) is 3.85. The van der Waals surface area contributed by atoms with E-state index >= 15 is 0 Å². The van der Waals surface area contributed by atoms with Crippen molar-refractivity contribution in [2.24, 2.45) is 0 Å². The third-order valence-electron chi connectivity index (χ3n) is 3.21. The Labute approximate surface area is 124 Å². The number of nitrogens with one attached hydrogen (secondary N) is 1. The van der Waals surface area contributed by atoms with Gasteiger partial charge >= 0.3 is 0 Å². The van der Waals surface area contributed by atoms with Crippen LogP contribution in [0.1, 0.15) is 19.0 Å². The van der Waals surface area contributed by atoms with Crippen molar-refractivity contribution in [2.75, 3.05) is 11.6 Å². The van der Waals surface area contributed by atoms with Crippen LogP contribution in [0.3, 0.4) is 0 Å². The molecule has 1 N–H and O–H groups in total. The minimum absolute atomic E-state index is 0.107. The number of hydrogen-bond donors (Lipinski definition) is 1. The lowest BCUT2D eigenvalue weighted by molar-refractivity contribution is 0.600. The number of hydrogen-bond acceptors (Lipinski definition) is 3. The lowest BCUT2D eigenvalue weighted by Gasteiger charge is -2.11. The van der Waals surface area contributed by atoms with E-state index in [1.165, 1.54) is 18.2 Å². The number of nitrogens with zero attached hydrogens (tertiary/aromatic N) is 1. The Morgan fingerprint density at radius 3 is 2.71 bits per heavy atom. The van der Waals surface area contributed by atoms with E-state index in [0.29, 0.717) is 6.54 Å². The second-order valence-corrected chi connectivity index (χ2v) is 6.98. The summed E-state index contributed by atoms with van der Waals surface area (Å²) in [4.78, 5) is 0.107. The SMILES string of the molecule is CCCn1cccc1CNc1cc(S(C)(=O)=O)ccc1F. The molecule has 2 rings (SSSR count). The molecule has 0 amide bonds. The second kappa shape index (κ2) is 6.30. The van der Waals surface area contributed by atoms with E-state index in [9.17, 15) is 12.8 Å². The van der Waals surface area contributed by atoms with E-state index in [0.717, 1.165) is 24.9 Å². The molecule has 1 aromatic carbocycles. The smallest absolute Gasteiger partial charge is 0.175 e. The Balaban J connectivity index is 2.18. The Hall–Kier alpha value is -1.82. The first kappa shape index (κ1) is 15.6. The summed E-state index contributed by atoms with van der Waals surface area (Å²) in [5, 5.41) is 2.97. The Morgan fingerprint density at radius 1 is 1.29 bits per heavy atom. The van der Waals surface area contributed by atoms with Crippen LogP contribution in [0, 0.1) is 5.82 Å². The van der Waals surface area contributed by atoms with Crippen LogP contribution in [0.25, 0.3) is 0 Å². The number of benzene rings is 1. The standard InChI is InChI=1S/C15H19FN2O2S/c1-3-8-18-9-4-5-12(18)11-17-15-10-13(21(2,19)20)6-7-14(15)16/h4-7,9-10,17H,3,8,11H2,1-2H3. The molecule has 2 aromatic rings. The molecule has 114 valence electrons. The normalized spacial score (nSPS) is 11.6. The number of halogens is 1. The minimum atomic E-state index is -3.34. The fourth-order valence-electron chi connectivity index (χ4n) is 2.13. The lowest BCUT2D eigenvalue weighted by atomic mass is 10.3. The summed E-state index contributed by atoms with van der Waals surface area (Å²) in [7, 11) is -3.34. The van der Waals surface area contributed by atoms with Gasteiger partial charge in [0.1, 0.15) is 5.82 Å². The van der Waals surface area contributed by atoms with Gasteiger partial charge in [0, 0.05) is 24.7 Å². The van der Waals surface area contributed by atoms with E-state index in [-0.39, 0.29) is 10.6 Å². The summed E-state index contributed by atoms with van der Waals surface area (Å²) >= 11 is 0. The van der Waals surface area contributed by atoms with Crippen LogP contribution in [-0.4, -0.2) is 19.2 Å². The van der Waals surface area contributed by atoms with Gasteiger partial charge in [-0.2, -0.15) is 0 Å². The van der Waals surface area contributed by atoms with Crippen LogP contribution in [0.5, 0.6) is 0 Å². The quantitative estimate of drug-likeness (QED) is 0.834. The first-order valence-corrected chi connectivity index (χ1v) is 8.68. The van der Waals surface area contributed by atoms with Crippen molar-refractivity contribution in [3.05, 3.63) is 48.0 Å². The molecule has 0 radical (unpaired) electrons. The van der Waals surface area contributed by atoms with Crippen molar-refractivity contribution in [1.82, 2.24) is 4.57 Å². The van der Waals surface area contributed by atoms with E-state index in [1.54, 1.807) is 0 Å². The summed E-state index contributed by atoms with van der Waals surface area (Å²) in [6.45, 7) is 3.43. The Morgan fingerprint density at radius 2 is 2.05 bits per heavy atom. The fraction of sp³-hybridized carbons (Fsp3) is 0.333. The molecule has 0 aliphatic rings. The molecule has 0 atom stereocenters. The molecule has 6 heteroatoms. The Kier molecular flexibility index (Phi) is 4.67. The van der Waals surface area contributed by atoms with E-state index < -0.39 is 15.7 Å². The topological polar surface area (TPSA) is 51.1 Å². The highest BCUT2D eigenvalue weighted by Gasteiger charge is 2.11. The maximum atomic E-state index is 13.8. The third-order valence-corrected chi connectivity index (χ3v) is 4.32. The van der Waals surface area contributed by atoms with E-state index in [4.69, 9.17) is 0 Å². The molecule has 0 fully saturated rings. The van der Waals surface area contributed by atoms with Gasteiger partial charge in [0.25, 0.3) is 0 Å². The van der Waals surface area contributed by atoms with Crippen LogP contribution in [0.2, 0.25) is 0 Å². The van der Waals surface area contributed by atoms with Gasteiger partial charge in [0.05, 0.1) is 17.1 Å². The zero-order valence-electron chi connectivity index (χ0n) is 12.1. The molecular formula is C15H19FN2O2S. The highest BCUT2D eigenvalue weighted by atomic mass is 32.2. The van der Waals surface area contributed by atoms with Gasteiger partial charge in [0.2, 0.25) is 0 Å². The predicted molar refractivity (Wildman–Crippen MR) is 81.6 cm³/mol. The molecule has 0 bridgehead atoms. The molecule has 1 heterocycles. The average Bonchev–Trinajstić information content (AvgIpc) is 2.84. The maximum Gasteiger partial charge on any atom is 0.175 e. The van der Waals surface area contributed by atoms with Crippen LogP contribution in [0.4, 0.5) is 10.1 Å². The number of anilines is 1. The molecule has 4 nitrogen and oxygen atoms in total. The zero-order chi connectivity index (χ0) is 15.5. The summed E-state index contributed by atoms with van der Waals surface area (Å²) in [5.41, 5.74) is 1.23. The van der Waals surface area contributed by atoms with Crippen molar-refractivity contribution >= 4 is 15.5 Å². The highest BCUT2D eigenvalue weighted by molar-refractivity contribution is 7.90. The number of aromatic nitrogens is 1. The van der Waals surface area contributed by atoms with Gasteiger partial charge in [-0.1, -0.05) is 6.92 Å². The summed E-state index contributed by atoms with van der Waals surface area (Å²) in [6.07, 6.45) is 4.10. The molecule has 0 saturated carbocycles. The number of sulfone groups is 1. The lowest BCUT2D eigenvalue weighted by Crippen LogP contribution is -2.08. The van der Waals surface area contributed by atoms with Crippen LogP contribution in [-0.2, 0) is 22.9 Å². The van der Waals surface area contributed by atoms with Gasteiger partial charge in [-0.25, -0.2) is 12.8 Å². The van der Waals surface area contributed by atoms with Gasteiger partial charge in [0.15, 0.2) is 9.84 Å². The summed E-state index contributed by atoms with van der Waals surface area (Å²) in [5.74, 6) is -0.462. The average molecular weight is 310 g/mol. The molecule has 0 unspecified atom stereocenters. The van der Waals surface area contributed by atoms with Gasteiger partial charge < -0.3 is 9.88 Å². The molecule has 1 aromatic heterocycles. The first-order chi connectivity index (χ1) is 9.91. The first-order valence-electron chi connectivity index (χ1n) is 6.79. The molecule has 0 saturated heterocycles. The second-order valence-electron chi connectivity index (χ2n) is 4.96. The number of aryl methyl sites for hydroxylation is 1. The molecular weight excluding hydrogens is 291 g/mol. The van der Waals surface area contributed by atoms with E-state index in [2.05, 4.69) is 16.8 Å². The maximum absolute atomic E-state index is 13.8. The largest absolute Gasteiger partial charge is 0.377 e.